The van der Waals surface area contributed by atoms with Crippen molar-refractivity contribution in [3.05, 3.63) is 28.9 Å². The van der Waals surface area contributed by atoms with Crippen molar-refractivity contribution in [3.63, 3.8) is 0 Å². The molecule has 7 nitrogen and oxygen atoms in total. The summed E-state index contributed by atoms with van der Waals surface area (Å²) in [5, 5.41) is 3.77. The number of nitrogens with one attached hydrogen (secondary N) is 2. The van der Waals surface area contributed by atoms with Crippen LogP contribution in [0.5, 0.6) is 5.75 Å². The van der Waals surface area contributed by atoms with Crippen molar-refractivity contribution in [2.45, 2.75) is 12.8 Å². The second-order valence-corrected chi connectivity index (χ2v) is 6.42. The fourth-order valence-electron chi connectivity index (χ4n) is 2.91. The van der Waals surface area contributed by atoms with Crippen LogP contribution in [0.25, 0.3) is 10.9 Å². The van der Waals surface area contributed by atoms with Gasteiger partial charge in [0.05, 0.1) is 10.5 Å². The number of nitrogens with zero attached hydrogens (tertiary/aromatic N) is 2. The van der Waals surface area contributed by atoms with Gasteiger partial charge in [0.2, 0.25) is 0 Å². The molecule has 0 spiro atoms. The normalized spacial score (nSPS) is 15.7. The van der Waals surface area contributed by atoms with E-state index in [1.807, 2.05) is 6.07 Å². The van der Waals surface area contributed by atoms with E-state index in [4.69, 9.17) is 22.1 Å². The maximum absolute atomic E-state index is 12.1. The van der Waals surface area contributed by atoms with E-state index in [0.717, 1.165) is 30.5 Å². The third-order valence-corrected chi connectivity index (χ3v) is 4.58. The van der Waals surface area contributed by atoms with Crippen LogP contribution in [0.4, 0.5) is 0 Å². The number of hydrogen-bond donors (Lipinski definition) is 3. The van der Waals surface area contributed by atoms with Crippen LogP contribution in [0.2, 0.25) is 5.02 Å². The number of fused-ring (bicyclic) bond motifs is 1. The molecule has 0 bridgehead atoms. The number of benzene rings is 1. The van der Waals surface area contributed by atoms with Gasteiger partial charge in [-0.3, -0.25) is 20.0 Å². The Morgan fingerprint density at radius 1 is 1.40 bits per heavy atom. The number of hydrogen-bond acceptors (Lipinski definition) is 4. The highest BCUT2D eigenvalue weighted by Gasteiger charge is 2.14. The van der Waals surface area contributed by atoms with Crippen LogP contribution in [-0.2, 0) is 0 Å². The van der Waals surface area contributed by atoms with E-state index in [1.165, 1.54) is 19.9 Å². The van der Waals surface area contributed by atoms with Gasteiger partial charge in [-0.1, -0.05) is 11.6 Å². The Morgan fingerprint density at radius 3 is 2.88 bits per heavy atom. The molecule has 1 amide bonds. The molecule has 2 heterocycles. The first-order valence-corrected chi connectivity index (χ1v) is 8.65. The maximum Gasteiger partial charge on any atom is 0.274 e. The molecule has 25 heavy (non-hydrogen) atoms. The van der Waals surface area contributed by atoms with Gasteiger partial charge in [-0.25, -0.2) is 0 Å². The molecule has 0 saturated carbocycles. The molecule has 8 heteroatoms. The molecule has 1 fully saturated rings. The molecule has 0 unspecified atom stereocenters. The van der Waals surface area contributed by atoms with Crippen molar-refractivity contribution in [1.29, 1.82) is 0 Å². The van der Waals surface area contributed by atoms with Gasteiger partial charge in [-0.15, -0.1) is 0 Å². The number of amides is 1. The van der Waals surface area contributed by atoms with Gasteiger partial charge in [0, 0.05) is 25.0 Å². The van der Waals surface area contributed by atoms with Crippen LogP contribution in [0.1, 0.15) is 23.3 Å². The van der Waals surface area contributed by atoms with Crippen LogP contribution in [0.3, 0.4) is 0 Å². The average molecular weight is 364 g/mol. The van der Waals surface area contributed by atoms with Crippen molar-refractivity contribution in [1.82, 2.24) is 15.2 Å². The molecule has 0 radical (unpaired) electrons. The highest BCUT2D eigenvalue weighted by Crippen LogP contribution is 2.29. The number of guanidine groups is 1. The summed E-state index contributed by atoms with van der Waals surface area (Å²) in [7, 11) is 1.50. The highest BCUT2D eigenvalue weighted by atomic mass is 35.5. The fourth-order valence-corrected chi connectivity index (χ4v) is 3.18. The minimum Gasteiger partial charge on any atom is -0.492 e. The Labute approximate surface area is 151 Å². The summed E-state index contributed by atoms with van der Waals surface area (Å²) in [5.41, 5.74) is 6.62. The van der Waals surface area contributed by atoms with E-state index < -0.39 is 0 Å². The summed E-state index contributed by atoms with van der Waals surface area (Å²) in [4.78, 5) is 21.2. The SMILES string of the molecule is CN=C(N)NC(=O)c1cc2c(Cl)cc(OCCN3CCCC3)cc2[nH]1. The predicted octanol–water partition coefficient (Wildman–Crippen LogP) is 1.97. The summed E-state index contributed by atoms with van der Waals surface area (Å²) < 4.78 is 5.82. The Kier molecular flexibility index (Phi) is 5.45. The summed E-state index contributed by atoms with van der Waals surface area (Å²) in [5.74, 6) is 0.368. The lowest BCUT2D eigenvalue weighted by atomic mass is 10.2. The molecule has 1 saturated heterocycles. The number of aliphatic imine (C=N–C) groups is 1. The molecular weight excluding hydrogens is 342 g/mol. The summed E-state index contributed by atoms with van der Waals surface area (Å²) in [6.45, 7) is 3.80. The smallest absolute Gasteiger partial charge is 0.274 e. The van der Waals surface area contributed by atoms with E-state index in [0.29, 0.717) is 23.1 Å². The van der Waals surface area contributed by atoms with Gasteiger partial charge in [0.25, 0.3) is 5.91 Å². The standard InChI is InChI=1S/C17H22ClN5O2/c1-20-17(19)22-16(24)15-10-12-13(18)8-11(9-14(12)21-15)25-7-6-23-4-2-3-5-23/h8-10,21H,2-7H2,1H3,(H3,19,20,22,24). The first-order valence-electron chi connectivity index (χ1n) is 8.28. The topological polar surface area (TPSA) is 95.7 Å². The zero-order chi connectivity index (χ0) is 17.8. The number of aromatic nitrogens is 1. The number of halogens is 1. The number of likely N-dealkylation sites (tertiary alicyclic amines) is 1. The second-order valence-electron chi connectivity index (χ2n) is 6.01. The maximum atomic E-state index is 12.1. The van der Waals surface area contributed by atoms with Crippen LogP contribution >= 0.6 is 11.6 Å². The molecule has 4 N–H and O–H groups in total. The Hall–Kier alpha value is -2.25. The van der Waals surface area contributed by atoms with E-state index in [-0.39, 0.29) is 11.9 Å². The van der Waals surface area contributed by atoms with Gasteiger partial charge in [0.1, 0.15) is 18.1 Å². The summed E-state index contributed by atoms with van der Waals surface area (Å²) in [6.07, 6.45) is 2.52. The van der Waals surface area contributed by atoms with Crippen LogP contribution < -0.4 is 15.8 Å². The monoisotopic (exact) mass is 363 g/mol. The molecule has 1 aromatic carbocycles. The Morgan fingerprint density at radius 2 is 2.16 bits per heavy atom. The number of aromatic amines is 1. The van der Waals surface area contributed by atoms with Crippen molar-refractivity contribution >= 4 is 34.4 Å². The molecule has 1 aliphatic rings. The number of H-pyrrole nitrogens is 1. The molecule has 1 aromatic heterocycles. The Balaban J connectivity index is 1.70. The summed E-state index contributed by atoms with van der Waals surface area (Å²) in [6, 6.07) is 5.30. The molecule has 0 atom stereocenters. The first kappa shape index (κ1) is 17.6. The second kappa shape index (κ2) is 7.76. The third kappa shape index (κ3) is 4.24. The number of carbonyl (C=O) groups excluding carboxylic acids is 1. The van der Waals surface area contributed by atoms with Gasteiger partial charge >= 0.3 is 0 Å². The molecule has 3 rings (SSSR count). The lowest BCUT2D eigenvalue weighted by Gasteiger charge is -2.15. The molecule has 0 aliphatic carbocycles. The largest absolute Gasteiger partial charge is 0.492 e. The summed E-state index contributed by atoms with van der Waals surface area (Å²) >= 11 is 6.33. The van der Waals surface area contributed by atoms with Gasteiger partial charge < -0.3 is 15.5 Å². The minimum absolute atomic E-state index is 0.0562. The number of carbonyl (C=O) groups is 1. The lowest BCUT2D eigenvalue weighted by molar-refractivity contribution is 0.0972. The van der Waals surface area contributed by atoms with Gasteiger partial charge in [-0.05, 0) is 38.1 Å². The van der Waals surface area contributed by atoms with E-state index in [9.17, 15) is 4.79 Å². The van der Waals surface area contributed by atoms with Crippen LogP contribution in [0.15, 0.2) is 23.2 Å². The van der Waals surface area contributed by atoms with Crippen LogP contribution in [-0.4, -0.2) is 55.0 Å². The van der Waals surface area contributed by atoms with Gasteiger partial charge in [-0.2, -0.15) is 0 Å². The van der Waals surface area contributed by atoms with E-state index >= 15 is 0 Å². The van der Waals surface area contributed by atoms with Crippen LogP contribution in [0, 0.1) is 0 Å². The van der Waals surface area contributed by atoms with Gasteiger partial charge in [0.15, 0.2) is 5.96 Å². The fraction of sp³-hybridized carbons (Fsp3) is 0.412. The zero-order valence-electron chi connectivity index (χ0n) is 14.1. The van der Waals surface area contributed by atoms with Crippen molar-refractivity contribution in [3.8, 4) is 5.75 Å². The molecule has 1 aliphatic heterocycles. The quantitative estimate of drug-likeness (QED) is 0.559. The minimum atomic E-state index is -0.369. The molecule has 2 aromatic rings. The van der Waals surface area contributed by atoms with E-state index in [1.54, 1.807) is 12.1 Å². The zero-order valence-corrected chi connectivity index (χ0v) is 14.9. The van der Waals surface area contributed by atoms with Crippen molar-refractivity contribution < 1.29 is 9.53 Å². The Bertz CT molecular complexity index is 796. The number of ether oxygens (including phenoxy) is 1. The molecule has 134 valence electrons. The van der Waals surface area contributed by atoms with Crippen molar-refractivity contribution in [2.75, 3.05) is 33.3 Å². The average Bonchev–Trinajstić information content (AvgIpc) is 3.24. The highest BCUT2D eigenvalue weighted by molar-refractivity contribution is 6.35. The lowest BCUT2D eigenvalue weighted by Crippen LogP contribution is -2.36. The molecular formula is C17H22ClN5O2. The van der Waals surface area contributed by atoms with E-state index in [2.05, 4.69) is 20.2 Å². The third-order valence-electron chi connectivity index (χ3n) is 4.26. The number of nitrogens with two attached hydrogens (primary N) is 1. The predicted molar refractivity (Wildman–Crippen MR) is 99.5 cm³/mol. The first-order chi connectivity index (χ1) is 12.1. The number of rotatable bonds is 5. The van der Waals surface area contributed by atoms with Crippen molar-refractivity contribution in [2.24, 2.45) is 10.7 Å².